The summed E-state index contributed by atoms with van der Waals surface area (Å²) in [5, 5.41) is 15.0. The highest BCUT2D eigenvalue weighted by Gasteiger charge is 2.26. The molecule has 54 heavy (non-hydrogen) atoms. The molecule has 0 heteroatoms. The van der Waals surface area contributed by atoms with Crippen LogP contribution in [0.4, 0.5) is 0 Å². The lowest BCUT2D eigenvalue weighted by Crippen LogP contribution is -1.98. The molecular formula is C54H34. The molecule has 0 saturated heterocycles. The molecule has 0 aliphatic carbocycles. The summed E-state index contributed by atoms with van der Waals surface area (Å²) in [6, 6.07) is 76.4. The zero-order valence-electron chi connectivity index (χ0n) is 29.6. The minimum Gasteiger partial charge on any atom is -0.0622 e. The zero-order valence-corrected chi connectivity index (χ0v) is 29.6. The van der Waals surface area contributed by atoms with Crippen LogP contribution in [0.5, 0.6) is 0 Å². The third-order valence-electron chi connectivity index (χ3n) is 11.4. The average molecular weight is 683 g/mol. The van der Waals surface area contributed by atoms with E-state index >= 15 is 0 Å². The van der Waals surface area contributed by atoms with Crippen molar-refractivity contribution in [1.29, 1.82) is 0 Å². The molecule has 0 aliphatic heterocycles. The number of benzene rings is 11. The van der Waals surface area contributed by atoms with Gasteiger partial charge in [0, 0.05) is 0 Å². The van der Waals surface area contributed by atoms with Gasteiger partial charge in [0.15, 0.2) is 0 Å². The Morgan fingerprint density at radius 2 is 0.574 bits per heavy atom. The van der Waals surface area contributed by atoms with E-state index in [1.807, 2.05) is 0 Å². The summed E-state index contributed by atoms with van der Waals surface area (Å²) >= 11 is 0. The van der Waals surface area contributed by atoms with Crippen LogP contribution in [-0.4, -0.2) is 0 Å². The molecule has 0 N–H and O–H groups in total. The Hall–Kier alpha value is -7.02. The van der Waals surface area contributed by atoms with Crippen molar-refractivity contribution in [3.63, 3.8) is 0 Å². The topological polar surface area (TPSA) is 0 Å². The minimum absolute atomic E-state index is 1.21. The predicted molar refractivity (Wildman–Crippen MR) is 233 cm³/mol. The van der Waals surface area contributed by atoms with Gasteiger partial charge in [0.25, 0.3) is 0 Å². The molecule has 0 radical (unpaired) electrons. The fraction of sp³-hybridized carbons (Fsp3) is 0. The number of rotatable bonds is 4. The van der Waals surface area contributed by atoms with Gasteiger partial charge < -0.3 is 0 Å². The van der Waals surface area contributed by atoms with Crippen molar-refractivity contribution in [2.45, 2.75) is 0 Å². The van der Waals surface area contributed by atoms with E-state index < -0.39 is 0 Å². The zero-order chi connectivity index (χ0) is 35.6. The van der Waals surface area contributed by atoms with Crippen molar-refractivity contribution in [2.75, 3.05) is 0 Å². The molecule has 0 amide bonds. The lowest BCUT2D eigenvalue weighted by Gasteiger charge is -2.25. The van der Waals surface area contributed by atoms with E-state index in [0.717, 1.165) is 0 Å². The van der Waals surface area contributed by atoms with Crippen molar-refractivity contribution in [3.8, 4) is 44.5 Å². The van der Waals surface area contributed by atoms with E-state index in [9.17, 15) is 0 Å². The Kier molecular flexibility index (Phi) is 6.97. The molecule has 0 aliphatic rings. The van der Waals surface area contributed by atoms with Gasteiger partial charge >= 0.3 is 0 Å². The Labute approximate surface area is 314 Å². The van der Waals surface area contributed by atoms with Crippen LogP contribution in [0.1, 0.15) is 0 Å². The molecule has 0 aromatic heterocycles. The first-order chi connectivity index (χ1) is 26.8. The van der Waals surface area contributed by atoms with E-state index in [4.69, 9.17) is 0 Å². The van der Waals surface area contributed by atoms with Gasteiger partial charge in [-0.25, -0.2) is 0 Å². The Morgan fingerprint density at radius 1 is 0.204 bits per heavy atom. The quantitative estimate of drug-likeness (QED) is 0.162. The minimum atomic E-state index is 1.21. The van der Waals surface area contributed by atoms with E-state index in [0.29, 0.717) is 0 Å². The van der Waals surface area contributed by atoms with Gasteiger partial charge in [-0.05, 0) is 133 Å². The maximum atomic E-state index is 2.52. The lowest BCUT2D eigenvalue weighted by atomic mass is 9.77. The van der Waals surface area contributed by atoms with Crippen LogP contribution in [0.15, 0.2) is 206 Å². The summed E-state index contributed by atoms with van der Waals surface area (Å²) in [5.41, 5.74) is 9.95. The fourth-order valence-electron chi connectivity index (χ4n) is 9.05. The second-order valence-corrected chi connectivity index (χ2v) is 14.4. The highest BCUT2D eigenvalue weighted by Crippen LogP contribution is 2.53. The van der Waals surface area contributed by atoms with Crippen molar-refractivity contribution in [2.24, 2.45) is 0 Å². The van der Waals surface area contributed by atoms with Gasteiger partial charge in [-0.3, -0.25) is 0 Å². The molecule has 0 nitrogen and oxygen atoms in total. The van der Waals surface area contributed by atoms with E-state index in [1.165, 1.54) is 109 Å². The number of hydrogen-bond acceptors (Lipinski definition) is 0. The van der Waals surface area contributed by atoms with Crippen molar-refractivity contribution in [1.82, 2.24) is 0 Å². The van der Waals surface area contributed by atoms with Crippen LogP contribution < -0.4 is 0 Å². The first-order valence-corrected chi connectivity index (χ1v) is 18.8. The van der Waals surface area contributed by atoms with Crippen LogP contribution in [0.2, 0.25) is 0 Å². The van der Waals surface area contributed by atoms with Gasteiger partial charge in [-0.1, -0.05) is 182 Å². The molecule has 250 valence electrons. The molecular weight excluding hydrogens is 649 g/mol. The summed E-state index contributed by atoms with van der Waals surface area (Å²) in [6.07, 6.45) is 0. The highest BCUT2D eigenvalue weighted by molar-refractivity contribution is 6.30. The fourth-order valence-corrected chi connectivity index (χ4v) is 9.05. The molecule has 0 atom stereocenters. The third kappa shape index (κ3) is 4.71. The van der Waals surface area contributed by atoms with Crippen molar-refractivity contribution >= 4 is 64.6 Å². The standard InChI is InChI=1S/C54H34/c1-3-17-35(18-4-1)47-34-49(51-43-27-13-7-21-37(43)31-38-22-8-14-28-44(38)51)54(52-45-29-15-9-23-39(45)32-40-24-10-16-30-46(40)52)53-48(47)33-41-25-11-12-26-42(41)50(53)36-19-5-2-6-20-36/h1-34H. The van der Waals surface area contributed by atoms with Gasteiger partial charge in [0.05, 0.1) is 0 Å². The van der Waals surface area contributed by atoms with Gasteiger partial charge in [0.1, 0.15) is 0 Å². The smallest absolute Gasteiger partial charge is 0.000697 e. The maximum Gasteiger partial charge on any atom is -0.000697 e. The molecule has 0 fully saturated rings. The van der Waals surface area contributed by atoms with Crippen LogP contribution in [0.25, 0.3) is 109 Å². The van der Waals surface area contributed by atoms with Crippen molar-refractivity contribution < 1.29 is 0 Å². The first-order valence-electron chi connectivity index (χ1n) is 18.8. The SMILES string of the molecule is c1ccc(-c2cc(-c3c4ccccc4cc4ccccc34)c(-c3c4ccccc4cc4ccccc34)c3c(-c4ccccc4)c4ccccc4cc23)cc1. The Balaban J connectivity index is 1.50. The second kappa shape index (κ2) is 12.3. The predicted octanol–water partition coefficient (Wildman–Crippen LogP) is 15.3. The van der Waals surface area contributed by atoms with E-state index in [1.54, 1.807) is 0 Å². The Bertz CT molecular complexity index is 3140. The number of hydrogen-bond donors (Lipinski definition) is 0. The monoisotopic (exact) mass is 682 g/mol. The molecule has 0 spiro atoms. The first kappa shape index (κ1) is 30.6. The average Bonchev–Trinajstić information content (AvgIpc) is 3.24. The molecule has 0 unspecified atom stereocenters. The van der Waals surface area contributed by atoms with Crippen LogP contribution in [0, 0.1) is 0 Å². The largest absolute Gasteiger partial charge is 0.0622 e. The molecule has 11 aromatic carbocycles. The van der Waals surface area contributed by atoms with Crippen LogP contribution in [0.3, 0.4) is 0 Å². The molecule has 11 aromatic rings. The maximum absolute atomic E-state index is 2.52. The van der Waals surface area contributed by atoms with Crippen LogP contribution >= 0.6 is 0 Å². The molecule has 0 heterocycles. The highest BCUT2D eigenvalue weighted by atomic mass is 14.3. The third-order valence-corrected chi connectivity index (χ3v) is 11.4. The van der Waals surface area contributed by atoms with Gasteiger partial charge in [0.2, 0.25) is 0 Å². The molecule has 0 bridgehead atoms. The van der Waals surface area contributed by atoms with Gasteiger partial charge in [-0.2, -0.15) is 0 Å². The summed E-state index contributed by atoms with van der Waals surface area (Å²) in [6.45, 7) is 0. The normalized spacial score (nSPS) is 11.7. The summed E-state index contributed by atoms with van der Waals surface area (Å²) < 4.78 is 0. The summed E-state index contributed by atoms with van der Waals surface area (Å²) in [7, 11) is 0. The molecule has 0 saturated carbocycles. The lowest BCUT2D eigenvalue weighted by molar-refractivity contribution is 1.63. The van der Waals surface area contributed by atoms with Gasteiger partial charge in [-0.15, -0.1) is 0 Å². The van der Waals surface area contributed by atoms with Crippen LogP contribution in [-0.2, 0) is 0 Å². The summed E-state index contributed by atoms with van der Waals surface area (Å²) in [4.78, 5) is 0. The number of fused-ring (bicyclic) bond motifs is 6. The molecule has 11 rings (SSSR count). The second-order valence-electron chi connectivity index (χ2n) is 14.4. The van der Waals surface area contributed by atoms with Crippen molar-refractivity contribution in [3.05, 3.63) is 206 Å². The Morgan fingerprint density at radius 3 is 1.06 bits per heavy atom. The van der Waals surface area contributed by atoms with E-state index in [-0.39, 0.29) is 0 Å². The van der Waals surface area contributed by atoms with E-state index in [2.05, 4.69) is 206 Å². The summed E-state index contributed by atoms with van der Waals surface area (Å²) in [5.74, 6) is 0.